The highest BCUT2D eigenvalue weighted by Crippen LogP contribution is 2.30. The number of carbonyl (C=O) groups excluding carboxylic acids is 2. The van der Waals surface area contributed by atoms with Crippen molar-refractivity contribution in [1.82, 2.24) is 10.3 Å². The van der Waals surface area contributed by atoms with Gasteiger partial charge in [0.15, 0.2) is 11.5 Å². The number of nitrogens with one attached hydrogen (secondary N) is 2. The first-order valence-corrected chi connectivity index (χ1v) is 10.3. The Kier molecular flexibility index (Phi) is 7.19. The minimum Gasteiger partial charge on any atom is -0.493 e. The van der Waals surface area contributed by atoms with E-state index in [1.807, 2.05) is 6.92 Å². The fourth-order valence-corrected chi connectivity index (χ4v) is 3.91. The van der Waals surface area contributed by atoms with Gasteiger partial charge < -0.3 is 20.1 Å². The van der Waals surface area contributed by atoms with Crippen molar-refractivity contribution in [3.05, 3.63) is 58.9 Å². The summed E-state index contributed by atoms with van der Waals surface area (Å²) < 4.78 is 23.4. The normalized spacial score (nSPS) is 10.5. The van der Waals surface area contributed by atoms with Crippen LogP contribution in [0, 0.1) is 12.7 Å². The Morgan fingerprint density at radius 3 is 2.42 bits per heavy atom. The Balaban J connectivity index is 1.54. The molecular weight excluding hydrogens is 421 g/mol. The third kappa shape index (κ3) is 5.58. The molecule has 0 unspecified atom stereocenters. The molecule has 0 aliphatic heterocycles. The van der Waals surface area contributed by atoms with E-state index in [9.17, 15) is 14.0 Å². The van der Waals surface area contributed by atoms with Crippen LogP contribution in [-0.4, -0.2) is 37.6 Å². The summed E-state index contributed by atoms with van der Waals surface area (Å²) in [5.74, 6) is -0.856. The van der Waals surface area contributed by atoms with Crippen LogP contribution in [0.4, 0.5) is 10.1 Å². The van der Waals surface area contributed by atoms with E-state index in [2.05, 4.69) is 15.6 Å². The van der Waals surface area contributed by atoms with E-state index in [-0.39, 0.29) is 12.4 Å². The number of aryl methyl sites for hydroxylation is 1. The van der Waals surface area contributed by atoms with Gasteiger partial charge in [0.1, 0.15) is 10.8 Å². The van der Waals surface area contributed by atoms with E-state index in [1.54, 1.807) is 30.3 Å². The van der Waals surface area contributed by atoms with E-state index in [0.717, 1.165) is 21.1 Å². The average molecular weight is 444 g/mol. The number of hydrogen-bond acceptors (Lipinski definition) is 6. The Bertz CT molecular complexity index is 1080. The molecule has 0 radical (unpaired) electrons. The molecule has 0 aliphatic rings. The number of thiazole rings is 1. The van der Waals surface area contributed by atoms with Crippen molar-refractivity contribution >= 4 is 28.8 Å². The predicted octanol–water partition coefficient (Wildman–Crippen LogP) is 3.57. The van der Waals surface area contributed by atoms with Gasteiger partial charge in [0.05, 0.1) is 19.9 Å². The van der Waals surface area contributed by atoms with E-state index in [0.29, 0.717) is 23.6 Å². The van der Waals surface area contributed by atoms with Crippen molar-refractivity contribution in [3.63, 3.8) is 0 Å². The van der Waals surface area contributed by atoms with Crippen molar-refractivity contribution in [2.45, 2.75) is 13.3 Å². The van der Waals surface area contributed by atoms with E-state index in [4.69, 9.17) is 9.47 Å². The first kappa shape index (κ1) is 22.2. The van der Waals surface area contributed by atoms with Gasteiger partial charge >= 0.3 is 11.8 Å². The zero-order valence-electron chi connectivity index (χ0n) is 17.3. The summed E-state index contributed by atoms with van der Waals surface area (Å²) >= 11 is 1.48. The third-order valence-electron chi connectivity index (χ3n) is 4.47. The van der Waals surface area contributed by atoms with Crippen LogP contribution in [0.3, 0.4) is 0 Å². The second-order valence-corrected chi connectivity index (χ2v) is 7.65. The maximum absolute atomic E-state index is 13.1. The molecule has 9 heteroatoms. The summed E-state index contributed by atoms with van der Waals surface area (Å²) in [6, 6.07) is 11.0. The van der Waals surface area contributed by atoms with Crippen molar-refractivity contribution in [1.29, 1.82) is 0 Å². The molecule has 0 saturated heterocycles. The van der Waals surface area contributed by atoms with Gasteiger partial charge in [-0.1, -0.05) is 0 Å². The largest absolute Gasteiger partial charge is 0.493 e. The Labute approximate surface area is 183 Å². The van der Waals surface area contributed by atoms with Crippen LogP contribution in [0.15, 0.2) is 42.5 Å². The summed E-state index contributed by atoms with van der Waals surface area (Å²) in [6.07, 6.45) is 0.528. The van der Waals surface area contributed by atoms with Crippen LogP contribution in [0.25, 0.3) is 10.6 Å². The highest BCUT2D eigenvalue weighted by atomic mass is 32.1. The average Bonchev–Trinajstić information content (AvgIpc) is 3.14. The number of carbonyl (C=O) groups is 2. The van der Waals surface area contributed by atoms with Gasteiger partial charge in [-0.3, -0.25) is 9.59 Å². The van der Waals surface area contributed by atoms with Crippen LogP contribution >= 0.6 is 11.3 Å². The predicted molar refractivity (Wildman–Crippen MR) is 117 cm³/mol. The molecule has 2 N–H and O–H groups in total. The fraction of sp³-hybridized carbons (Fsp3) is 0.227. The number of hydrogen-bond donors (Lipinski definition) is 2. The lowest BCUT2D eigenvalue weighted by Gasteiger charge is -2.10. The number of methoxy groups -OCH3 is 2. The molecule has 162 valence electrons. The lowest BCUT2D eigenvalue weighted by atomic mass is 10.2. The zero-order chi connectivity index (χ0) is 22.4. The van der Waals surface area contributed by atoms with Crippen molar-refractivity contribution in [2.24, 2.45) is 0 Å². The van der Waals surface area contributed by atoms with E-state index < -0.39 is 11.8 Å². The number of halogens is 1. The number of anilines is 1. The SMILES string of the molecule is COc1ccc(NC(=O)C(=O)NCCc2sc(-c3ccc(F)cc3)nc2C)cc1OC. The Morgan fingerprint density at radius 1 is 1.03 bits per heavy atom. The number of rotatable bonds is 7. The van der Waals surface area contributed by atoms with Gasteiger partial charge in [-0.15, -0.1) is 11.3 Å². The quantitative estimate of drug-likeness (QED) is 0.545. The number of nitrogens with zero attached hydrogens (tertiary/aromatic N) is 1. The molecule has 0 atom stereocenters. The maximum Gasteiger partial charge on any atom is 0.313 e. The number of aromatic nitrogens is 1. The molecule has 1 aromatic heterocycles. The molecule has 7 nitrogen and oxygen atoms in total. The zero-order valence-corrected chi connectivity index (χ0v) is 18.1. The Morgan fingerprint density at radius 2 is 1.74 bits per heavy atom. The second kappa shape index (κ2) is 10.0. The summed E-state index contributed by atoms with van der Waals surface area (Å²) in [5.41, 5.74) is 2.09. The lowest BCUT2D eigenvalue weighted by Crippen LogP contribution is -2.36. The smallest absolute Gasteiger partial charge is 0.313 e. The minimum absolute atomic E-state index is 0.282. The number of ether oxygens (including phenoxy) is 2. The van der Waals surface area contributed by atoms with Crippen LogP contribution in [0.5, 0.6) is 11.5 Å². The monoisotopic (exact) mass is 443 g/mol. The highest BCUT2D eigenvalue weighted by Gasteiger charge is 2.16. The van der Waals surface area contributed by atoms with Gasteiger partial charge in [0.25, 0.3) is 0 Å². The first-order valence-electron chi connectivity index (χ1n) is 9.44. The molecule has 0 saturated carbocycles. The highest BCUT2D eigenvalue weighted by molar-refractivity contribution is 7.15. The van der Waals surface area contributed by atoms with Crippen LogP contribution in [0.1, 0.15) is 10.6 Å². The van der Waals surface area contributed by atoms with Crippen molar-refractivity contribution < 1.29 is 23.5 Å². The molecular formula is C22H22FN3O4S. The Hall–Kier alpha value is -3.46. The molecule has 3 rings (SSSR count). The van der Waals surface area contributed by atoms with Crippen LogP contribution in [-0.2, 0) is 16.0 Å². The van der Waals surface area contributed by atoms with E-state index in [1.165, 1.54) is 37.7 Å². The second-order valence-electron chi connectivity index (χ2n) is 6.56. The van der Waals surface area contributed by atoms with Gasteiger partial charge in [-0.25, -0.2) is 9.37 Å². The standard InChI is InChI=1S/C22H22FN3O4S/c1-13-19(31-22(25-13)14-4-6-15(23)7-5-14)10-11-24-20(27)21(28)26-16-8-9-17(29-2)18(12-16)30-3/h4-9,12H,10-11H2,1-3H3,(H,24,27)(H,26,28). The lowest BCUT2D eigenvalue weighted by molar-refractivity contribution is -0.136. The molecule has 1 heterocycles. The summed E-state index contributed by atoms with van der Waals surface area (Å²) in [7, 11) is 3.00. The molecule has 2 amide bonds. The molecule has 0 spiro atoms. The molecule has 0 bridgehead atoms. The summed E-state index contributed by atoms with van der Waals surface area (Å²) in [6.45, 7) is 2.16. The maximum atomic E-state index is 13.1. The molecule has 3 aromatic rings. The van der Waals surface area contributed by atoms with Gasteiger partial charge in [0.2, 0.25) is 0 Å². The molecule has 31 heavy (non-hydrogen) atoms. The third-order valence-corrected chi connectivity index (χ3v) is 5.74. The summed E-state index contributed by atoms with van der Waals surface area (Å²) in [5, 5.41) is 5.92. The van der Waals surface area contributed by atoms with Gasteiger partial charge in [-0.2, -0.15) is 0 Å². The number of amides is 2. The van der Waals surface area contributed by atoms with Crippen molar-refractivity contribution in [2.75, 3.05) is 26.1 Å². The minimum atomic E-state index is -0.778. The van der Waals surface area contributed by atoms with Crippen molar-refractivity contribution in [3.8, 4) is 22.1 Å². The van der Waals surface area contributed by atoms with Crippen LogP contribution < -0.4 is 20.1 Å². The topological polar surface area (TPSA) is 89.5 Å². The number of benzene rings is 2. The van der Waals surface area contributed by atoms with Gasteiger partial charge in [0, 0.05) is 35.2 Å². The van der Waals surface area contributed by atoms with Crippen LogP contribution in [0.2, 0.25) is 0 Å². The van der Waals surface area contributed by atoms with E-state index >= 15 is 0 Å². The molecule has 0 fully saturated rings. The summed E-state index contributed by atoms with van der Waals surface area (Å²) in [4.78, 5) is 29.8. The fourth-order valence-electron chi connectivity index (χ4n) is 2.85. The van der Waals surface area contributed by atoms with Gasteiger partial charge in [-0.05, 0) is 43.3 Å². The molecule has 0 aliphatic carbocycles. The molecule has 2 aromatic carbocycles. The first-order chi connectivity index (χ1) is 14.9.